The Balaban J connectivity index is 2.60. The summed E-state index contributed by atoms with van der Waals surface area (Å²) in [5, 5.41) is 10.8. The zero-order valence-electron chi connectivity index (χ0n) is 9.71. The lowest BCUT2D eigenvalue weighted by Gasteiger charge is -2.04. The van der Waals surface area contributed by atoms with E-state index in [1.54, 1.807) is 12.1 Å². The molecule has 0 saturated carbocycles. The van der Waals surface area contributed by atoms with Gasteiger partial charge in [0.1, 0.15) is 6.42 Å². The van der Waals surface area contributed by atoms with Crippen LogP contribution in [0.4, 0.5) is 0 Å². The number of nitrogens with one attached hydrogen (secondary N) is 1. The lowest BCUT2D eigenvalue weighted by molar-refractivity contribution is -0.140. The first-order chi connectivity index (χ1) is 8.29. The van der Waals surface area contributed by atoms with Gasteiger partial charge in [-0.1, -0.05) is 12.1 Å². The van der Waals surface area contributed by atoms with E-state index in [1.165, 1.54) is 12.1 Å². The average Bonchev–Trinajstić information content (AvgIpc) is 2.25. The molecule has 0 bridgehead atoms. The molecule has 1 amide bonds. The van der Waals surface area contributed by atoms with Gasteiger partial charge in [-0.15, -0.1) is 0 Å². The van der Waals surface area contributed by atoms with Gasteiger partial charge >= 0.3 is 5.97 Å². The third kappa shape index (κ3) is 4.54. The highest BCUT2D eigenvalue weighted by Gasteiger charge is 2.08. The van der Waals surface area contributed by atoms with Crippen LogP contribution in [0.1, 0.15) is 12.0 Å². The second-order valence-corrected chi connectivity index (χ2v) is 5.78. The third-order valence-corrected chi connectivity index (χ3v) is 3.28. The number of aliphatic carboxylic acids is 1. The molecule has 0 spiro atoms. The molecule has 6 nitrogen and oxygen atoms in total. The van der Waals surface area contributed by atoms with Crippen LogP contribution >= 0.6 is 0 Å². The Labute approximate surface area is 105 Å². The molecule has 1 aromatic rings. The fraction of sp³-hybridized carbons (Fsp3) is 0.273. The number of carbonyl (C=O) groups is 2. The maximum Gasteiger partial charge on any atom is 0.312 e. The zero-order valence-corrected chi connectivity index (χ0v) is 10.5. The number of carboxylic acid groups (broad SMARTS) is 1. The molecule has 7 heteroatoms. The molecular weight excluding hydrogens is 258 g/mol. The van der Waals surface area contributed by atoms with Gasteiger partial charge in [0.15, 0.2) is 9.84 Å². The van der Waals surface area contributed by atoms with Crippen molar-refractivity contribution in [3.8, 4) is 0 Å². The molecular formula is C11H13NO5S. The van der Waals surface area contributed by atoms with E-state index >= 15 is 0 Å². The lowest BCUT2D eigenvalue weighted by atomic mass is 10.2. The number of carboxylic acids is 1. The molecule has 0 aliphatic rings. The van der Waals surface area contributed by atoms with Gasteiger partial charge in [-0.3, -0.25) is 9.59 Å². The Hall–Kier alpha value is -1.89. The molecule has 0 heterocycles. The minimum Gasteiger partial charge on any atom is -0.481 e. The van der Waals surface area contributed by atoms with E-state index in [4.69, 9.17) is 5.11 Å². The van der Waals surface area contributed by atoms with Crippen LogP contribution in [0.2, 0.25) is 0 Å². The SMILES string of the molecule is CS(=O)(=O)c1ccc(CNC(=O)CC(=O)O)cc1. The van der Waals surface area contributed by atoms with Crippen molar-refractivity contribution in [1.29, 1.82) is 0 Å². The number of hydrogen-bond acceptors (Lipinski definition) is 4. The van der Waals surface area contributed by atoms with Crippen LogP contribution in [0.25, 0.3) is 0 Å². The van der Waals surface area contributed by atoms with Crippen LogP contribution in [-0.4, -0.2) is 31.7 Å². The summed E-state index contributed by atoms with van der Waals surface area (Å²) in [6.07, 6.45) is 0.526. The quantitative estimate of drug-likeness (QED) is 0.744. The van der Waals surface area contributed by atoms with Crippen molar-refractivity contribution in [2.45, 2.75) is 17.9 Å². The summed E-state index contributed by atoms with van der Waals surface area (Å²) in [6.45, 7) is 0.163. The van der Waals surface area contributed by atoms with Crippen LogP contribution in [0.15, 0.2) is 29.2 Å². The van der Waals surface area contributed by atoms with Crippen molar-refractivity contribution in [3.63, 3.8) is 0 Å². The van der Waals surface area contributed by atoms with E-state index in [0.717, 1.165) is 6.26 Å². The van der Waals surface area contributed by atoms with Crippen molar-refractivity contribution in [2.75, 3.05) is 6.26 Å². The average molecular weight is 271 g/mol. The van der Waals surface area contributed by atoms with Crippen molar-refractivity contribution in [2.24, 2.45) is 0 Å². The first kappa shape index (κ1) is 14.2. The number of carbonyl (C=O) groups excluding carboxylic acids is 1. The summed E-state index contributed by atoms with van der Waals surface area (Å²) >= 11 is 0. The van der Waals surface area contributed by atoms with Gasteiger partial charge in [0.05, 0.1) is 4.90 Å². The summed E-state index contributed by atoms with van der Waals surface area (Å²) in [5.41, 5.74) is 0.695. The zero-order chi connectivity index (χ0) is 13.8. The van der Waals surface area contributed by atoms with Gasteiger partial charge in [-0.25, -0.2) is 8.42 Å². The summed E-state index contributed by atoms with van der Waals surface area (Å²) < 4.78 is 22.4. The van der Waals surface area contributed by atoms with Crippen molar-refractivity contribution in [3.05, 3.63) is 29.8 Å². The minimum atomic E-state index is -3.23. The normalized spacial score (nSPS) is 10.9. The van der Waals surface area contributed by atoms with E-state index in [0.29, 0.717) is 5.56 Å². The van der Waals surface area contributed by atoms with Gasteiger partial charge in [0, 0.05) is 12.8 Å². The molecule has 18 heavy (non-hydrogen) atoms. The summed E-state index contributed by atoms with van der Waals surface area (Å²) in [5.74, 6) is -1.78. The highest BCUT2D eigenvalue weighted by Crippen LogP contribution is 2.10. The smallest absolute Gasteiger partial charge is 0.312 e. The minimum absolute atomic E-state index is 0.163. The van der Waals surface area contributed by atoms with Gasteiger partial charge in [0.25, 0.3) is 0 Å². The molecule has 0 aromatic heterocycles. The second kappa shape index (κ2) is 5.63. The monoisotopic (exact) mass is 271 g/mol. The highest BCUT2D eigenvalue weighted by atomic mass is 32.2. The van der Waals surface area contributed by atoms with E-state index in [-0.39, 0.29) is 11.4 Å². The van der Waals surface area contributed by atoms with Crippen LogP contribution in [-0.2, 0) is 26.0 Å². The lowest BCUT2D eigenvalue weighted by Crippen LogP contribution is -2.25. The summed E-state index contributed by atoms with van der Waals surface area (Å²) in [7, 11) is -3.23. The molecule has 0 atom stereocenters. The van der Waals surface area contributed by atoms with Crippen molar-refractivity contribution >= 4 is 21.7 Å². The molecule has 0 fully saturated rings. The Kier molecular flexibility index (Phi) is 4.43. The second-order valence-electron chi connectivity index (χ2n) is 3.76. The van der Waals surface area contributed by atoms with E-state index < -0.39 is 28.1 Å². The van der Waals surface area contributed by atoms with E-state index in [9.17, 15) is 18.0 Å². The largest absolute Gasteiger partial charge is 0.481 e. The third-order valence-electron chi connectivity index (χ3n) is 2.15. The van der Waals surface area contributed by atoms with E-state index in [2.05, 4.69) is 5.32 Å². The summed E-state index contributed by atoms with van der Waals surface area (Å²) in [4.78, 5) is 21.5. The van der Waals surface area contributed by atoms with Crippen LogP contribution in [0.5, 0.6) is 0 Å². The molecule has 0 aliphatic heterocycles. The van der Waals surface area contributed by atoms with Gasteiger partial charge < -0.3 is 10.4 Å². The molecule has 0 aliphatic carbocycles. The predicted octanol–water partition coefficient (Wildman–Crippen LogP) is 0.181. The van der Waals surface area contributed by atoms with Crippen LogP contribution in [0.3, 0.4) is 0 Å². The molecule has 1 rings (SSSR count). The summed E-state index contributed by atoms with van der Waals surface area (Å²) in [6, 6.07) is 6.01. The maximum absolute atomic E-state index is 11.2. The number of hydrogen-bond donors (Lipinski definition) is 2. The van der Waals surface area contributed by atoms with Crippen LogP contribution in [0, 0.1) is 0 Å². The molecule has 98 valence electrons. The first-order valence-corrected chi connectivity index (χ1v) is 6.95. The fourth-order valence-electron chi connectivity index (χ4n) is 1.25. The molecule has 1 aromatic carbocycles. The maximum atomic E-state index is 11.2. The molecule has 0 unspecified atom stereocenters. The van der Waals surface area contributed by atoms with Crippen molar-refractivity contribution in [1.82, 2.24) is 5.32 Å². The first-order valence-electron chi connectivity index (χ1n) is 5.06. The standard InChI is InChI=1S/C11H13NO5S/c1-18(16,17)9-4-2-8(3-5-9)7-12-10(13)6-11(14)15/h2-5H,6-7H2,1H3,(H,12,13)(H,14,15). The number of sulfone groups is 1. The van der Waals surface area contributed by atoms with Gasteiger partial charge in [-0.2, -0.15) is 0 Å². The number of rotatable bonds is 5. The van der Waals surface area contributed by atoms with E-state index in [1.807, 2.05) is 0 Å². The van der Waals surface area contributed by atoms with Crippen LogP contribution < -0.4 is 5.32 Å². The van der Waals surface area contributed by atoms with Gasteiger partial charge in [-0.05, 0) is 17.7 Å². The van der Waals surface area contributed by atoms with Gasteiger partial charge in [0.2, 0.25) is 5.91 Å². The number of amides is 1. The molecule has 0 saturated heterocycles. The Morgan fingerprint density at radius 1 is 1.22 bits per heavy atom. The topological polar surface area (TPSA) is 101 Å². The Bertz CT molecular complexity index is 547. The Morgan fingerprint density at radius 2 is 1.78 bits per heavy atom. The molecule has 2 N–H and O–H groups in total. The van der Waals surface area contributed by atoms with Crippen molar-refractivity contribution < 1.29 is 23.1 Å². The number of benzene rings is 1. The highest BCUT2D eigenvalue weighted by molar-refractivity contribution is 7.90. The fourth-order valence-corrected chi connectivity index (χ4v) is 1.89. The Morgan fingerprint density at radius 3 is 2.22 bits per heavy atom. The predicted molar refractivity (Wildman–Crippen MR) is 63.7 cm³/mol. The molecule has 0 radical (unpaired) electrons.